The number of methoxy groups -OCH3 is 2. The number of carboxylic acids is 1. The number of ketones is 1. The van der Waals surface area contributed by atoms with Crippen LogP contribution in [0.15, 0.2) is 29.2 Å². The summed E-state index contributed by atoms with van der Waals surface area (Å²) in [5, 5.41) is 47.1. The van der Waals surface area contributed by atoms with Crippen LogP contribution < -0.4 is 10.4 Å². The van der Waals surface area contributed by atoms with Crippen molar-refractivity contribution in [1.29, 1.82) is 0 Å². The Bertz CT molecular complexity index is 2330. The highest BCUT2D eigenvalue weighted by molar-refractivity contribution is 5.93. The number of carbonyl (C=O) groups is 3. The van der Waals surface area contributed by atoms with Gasteiger partial charge < -0.3 is 73.1 Å². The summed E-state index contributed by atoms with van der Waals surface area (Å²) in [4.78, 5) is 57.9. The summed E-state index contributed by atoms with van der Waals surface area (Å²) in [6.45, 7) is 19.1. The van der Waals surface area contributed by atoms with Gasteiger partial charge in [-0.2, -0.15) is 0 Å². The summed E-state index contributed by atoms with van der Waals surface area (Å²) >= 11 is 0. The third kappa shape index (κ3) is 14.0. The van der Waals surface area contributed by atoms with E-state index in [1.807, 2.05) is 72.8 Å². The fourth-order valence-corrected chi connectivity index (χ4v) is 11.9. The highest BCUT2D eigenvalue weighted by Gasteiger charge is 2.54. The molecule has 5 rings (SSSR count). The molecule has 4 N–H and O–H groups in total. The van der Waals surface area contributed by atoms with E-state index in [-0.39, 0.29) is 42.8 Å². The lowest BCUT2D eigenvalue weighted by atomic mass is 9.74. The normalized spacial score (nSPS) is 37.3. The number of benzene rings is 1. The van der Waals surface area contributed by atoms with Gasteiger partial charge in [-0.3, -0.25) is 19.1 Å². The highest BCUT2D eigenvalue weighted by Crippen LogP contribution is 2.42. The molecule has 20 nitrogen and oxygen atoms in total. The SMILES string of the molecule is CC[C@H]1OC(=O)[C@H](C)[C@@H](O[C@H]2C[C@@](C)(OC)[C@@H](OCCN(C)CCCc3ccc4c(c3)c(=O)c(C(=O)O)cn4N(C)C)[C@H](C)O2)[C@H](C)[C@@H](O[C@@H]2O[C@H](C)C[C@H](N(C)C)[C@H]2O)[C@](C)(OC)C[C@@H](C)C(=O)[C@@H](C)[C@@H](O)[C@]1(C)O. The fourth-order valence-electron chi connectivity index (χ4n) is 11.9. The largest absolute Gasteiger partial charge is 0.477 e. The van der Waals surface area contributed by atoms with Crippen LogP contribution in [0.5, 0.6) is 0 Å². The zero-order valence-corrected chi connectivity index (χ0v) is 48.3. The fraction of sp³-hybridized carbons (Fsp3) is 0.786. The van der Waals surface area contributed by atoms with Crippen molar-refractivity contribution in [1.82, 2.24) is 14.5 Å². The van der Waals surface area contributed by atoms with E-state index in [4.69, 9.17) is 37.9 Å². The number of nitrogens with zero attached hydrogens (tertiary/aromatic N) is 4. The van der Waals surface area contributed by atoms with Gasteiger partial charge in [-0.1, -0.05) is 33.8 Å². The minimum absolute atomic E-state index is 0.0869. The first-order chi connectivity index (χ1) is 35.5. The van der Waals surface area contributed by atoms with Gasteiger partial charge in [-0.25, -0.2) is 4.79 Å². The van der Waals surface area contributed by atoms with Gasteiger partial charge in [-0.05, 0) is 119 Å². The predicted octanol–water partition coefficient (Wildman–Crippen LogP) is 4.24. The summed E-state index contributed by atoms with van der Waals surface area (Å²) in [6, 6.07) is 5.27. The van der Waals surface area contributed by atoms with Crippen LogP contribution in [-0.2, 0) is 53.9 Å². The van der Waals surface area contributed by atoms with Crippen molar-refractivity contribution in [2.24, 2.45) is 23.7 Å². The Hall–Kier alpha value is -3.64. The zero-order chi connectivity index (χ0) is 56.9. The van der Waals surface area contributed by atoms with Gasteiger partial charge in [0.25, 0.3) is 0 Å². The monoisotopic (exact) mass is 1080 g/mol. The summed E-state index contributed by atoms with van der Waals surface area (Å²) in [5.41, 5.74) is -3.51. The number of Topliss-reactive ketones (excluding diaryl/α,β-unsaturated/α-hetero) is 1. The Labute approximate surface area is 450 Å². The number of ether oxygens (including phenoxy) is 8. The van der Waals surface area contributed by atoms with Gasteiger partial charge in [-0.15, -0.1) is 0 Å². The van der Waals surface area contributed by atoms with E-state index in [0.29, 0.717) is 43.4 Å². The van der Waals surface area contributed by atoms with Crippen LogP contribution in [0.1, 0.15) is 117 Å². The molecule has 3 aliphatic rings. The first-order valence-corrected chi connectivity index (χ1v) is 27.1. The molecule has 4 heterocycles. The molecule has 1 aromatic carbocycles. The average molecular weight is 1080 g/mol. The molecule has 2 aromatic rings. The standard InChI is InChI=1S/C56H92N4O16/c1-18-42-56(10,68)48(64)33(4)44(61)31(2)28-54(8,69-16)49(76-53-46(63)41(57(11)12)26-32(3)72-53)34(5)47(35(6)52(67)74-42)75-43-29-55(9,70-17)50(36(7)73-43)71-25-24-59(15)23-19-20-37-21-22-40-38(27-37)45(62)39(51(65)66)30-60(40)58(13)14/h21-22,27,30-36,41-43,46-50,53,63-64,68H,18-20,23-26,28-29H2,1-17H3,(H,65,66)/t31-,32-,33-,34+,35-,36+,41+,42-,43+,46-,47+,48-,49-,50+,53+,54-,55-,56-/m1/s1. The minimum Gasteiger partial charge on any atom is -0.477 e. The van der Waals surface area contributed by atoms with Crippen LogP contribution in [0.3, 0.4) is 0 Å². The molecule has 0 aliphatic carbocycles. The van der Waals surface area contributed by atoms with Crippen LogP contribution in [-0.4, -0.2) is 206 Å². The summed E-state index contributed by atoms with van der Waals surface area (Å²) in [7, 11) is 12.4. The van der Waals surface area contributed by atoms with Crippen molar-refractivity contribution in [2.75, 3.05) is 74.2 Å². The number of aromatic nitrogens is 1. The first kappa shape index (κ1) is 63.2. The zero-order valence-electron chi connectivity index (χ0n) is 48.3. The summed E-state index contributed by atoms with van der Waals surface area (Å²) in [5.74, 6) is -5.91. The van der Waals surface area contributed by atoms with Gasteiger partial charge in [0.2, 0.25) is 5.43 Å². The van der Waals surface area contributed by atoms with E-state index < -0.39 is 113 Å². The number of rotatable bonds is 18. The number of likely N-dealkylation sites (N-methyl/N-ethyl adjacent to an activating group) is 2. The molecule has 1 aromatic heterocycles. The topological polar surface area (TPSA) is 238 Å². The van der Waals surface area contributed by atoms with Gasteiger partial charge in [0.15, 0.2) is 12.6 Å². The number of aromatic carboxylic acids is 1. The molecule has 3 saturated heterocycles. The van der Waals surface area contributed by atoms with E-state index in [9.17, 15) is 39.6 Å². The Balaban J connectivity index is 1.38. The lowest BCUT2D eigenvalue weighted by Crippen LogP contribution is -2.61. The second kappa shape index (κ2) is 26.1. The number of aliphatic hydroxyl groups is 3. The van der Waals surface area contributed by atoms with Crippen LogP contribution in [0.4, 0.5) is 0 Å². The maximum atomic E-state index is 14.6. The number of fused-ring (bicyclic) bond motifs is 1. The van der Waals surface area contributed by atoms with Gasteiger partial charge in [0, 0.05) is 76.7 Å². The van der Waals surface area contributed by atoms with Crippen molar-refractivity contribution in [3.05, 3.63) is 45.7 Å². The molecule has 3 aliphatic heterocycles. The minimum atomic E-state index is -2.00. The van der Waals surface area contributed by atoms with Gasteiger partial charge in [0.1, 0.15) is 35.3 Å². The molecular weight excluding hydrogens is 985 g/mol. The maximum absolute atomic E-state index is 14.6. The molecule has 0 radical (unpaired) electrons. The molecular formula is C56H92N4O16. The summed E-state index contributed by atoms with van der Waals surface area (Å²) in [6.07, 6.45) is -5.71. The number of carboxylic acid groups (broad SMARTS) is 1. The third-order valence-electron chi connectivity index (χ3n) is 16.7. The van der Waals surface area contributed by atoms with Crippen LogP contribution >= 0.6 is 0 Å². The van der Waals surface area contributed by atoms with Crippen LogP contribution in [0, 0.1) is 23.7 Å². The average Bonchev–Trinajstić information content (AvgIpc) is 3.36. The lowest BCUT2D eigenvalue weighted by molar-refractivity contribution is -0.322. The van der Waals surface area contributed by atoms with Crippen molar-refractivity contribution < 1.29 is 72.7 Å². The molecule has 0 spiro atoms. The second-order valence-corrected chi connectivity index (χ2v) is 23.1. The highest BCUT2D eigenvalue weighted by atomic mass is 16.7. The van der Waals surface area contributed by atoms with Crippen molar-refractivity contribution >= 4 is 28.6 Å². The molecule has 0 bridgehead atoms. The molecule has 432 valence electrons. The van der Waals surface area contributed by atoms with E-state index in [1.54, 1.807) is 64.7 Å². The first-order valence-electron chi connectivity index (χ1n) is 27.1. The van der Waals surface area contributed by atoms with E-state index in [0.717, 1.165) is 12.0 Å². The van der Waals surface area contributed by atoms with Crippen molar-refractivity contribution in [3.63, 3.8) is 0 Å². The maximum Gasteiger partial charge on any atom is 0.341 e. The molecule has 20 heteroatoms. The molecule has 3 fully saturated rings. The van der Waals surface area contributed by atoms with Crippen molar-refractivity contribution in [3.8, 4) is 0 Å². The number of carbonyl (C=O) groups excluding carboxylic acids is 2. The molecule has 76 heavy (non-hydrogen) atoms. The van der Waals surface area contributed by atoms with E-state index >= 15 is 0 Å². The Morgan fingerprint density at radius 1 is 0.868 bits per heavy atom. The predicted molar refractivity (Wildman–Crippen MR) is 286 cm³/mol. The number of aryl methyl sites for hydroxylation is 1. The number of esters is 1. The van der Waals surface area contributed by atoms with Crippen LogP contribution in [0.2, 0.25) is 0 Å². The third-order valence-corrected chi connectivity index (χ3v) is 16.7. The van der Waals surface area contributed by atoms with Gasteiger partial charge >= 0.3 is 11.9 Å². The van der Waals surface area contributed by atoms with Crippen molar-refractivity contribution in [2.45, 2.75) is 192 Å². The number of cyclic esters (lactones) is 1. The Morgan fingerprint density at radius 2 is 1.51 bits per heavy atom. The Kier molecular flexibility index (Phi) is 21.7. The van der Waals surface area contributed by atoms with Crippen LogP contribution in [0.25, 0.3) is 10.9 Å². The number of hydrogen-bond donors (Lipinski definition) is 4. The van der Waals surface area contributed by atoms with Gasteiger partial charge in [0.05, 0.1) is 59.8 Å². The number of aliphatic hydroxyl groups excluding tert-OH is 2. The molecule has 0 saturated carbocycles. The number of hydrogen-bond acceptors (Lipinski definition) is 18. The smallest absolute Gasteiger partial charge is 0.341 e. The number of pyridine rings is 1. The lowest BCUT2D eigenvalue weighted by Gasteiger charge is -2.50. The molecule has 18 atom stereocenters. The van der Waals surface area contributed by atoms with E-state index in [1.165, 1.54) is 20.2 Å². The quantitative estimate of drug-likeness (QED) is 0.153. The molecule has 0 unspecified atom stereocenters. The summed E-state index contributed by atoms with van der Waals surface area (Å²) < 4.78 is 53.9. The van der Waals surface area contributed by atoms with E-state index in [2.05, 4.69) is 4.90 Å². The molecule has 0 amide bonds. The Morgan fingerprint density at radius 3 is 2.11 bits per heavy atom. The second-order valence-electron chi connectivity index (χ2n) is 23.1.